The van der Waals surface area contributed by atoms with Crippen molar-refractivity contribution in [2.75, 3.05) is 11.9 Å². The summed E-state index contributed by atoms with van der Waals surface area (Å²) in [6.07, 6.45) is 3.56. The van der Waals surface area contributed by atoms with Gasteiger partial charge in [0.25, 0.3) is 6.04 Å². The molecule has 21 heavy (non-hydrogen) atoms. The second kappa shape index (κ2) is 5.77. The molecule has 0 saturated carbocycles. The standard InChI is InChI=1S/C16H15N2O2.BrH/c1-11(19)12-6-5-9-18(10-12)15-13-7-3-4-8-14(13)17(2)16(15)20;/h3-10,15H,1-2H3;1H/q+1;/p-1. The third-order valence-electron chi connectivity index (χ3n) is 3.68. The lowest BCUT2D eigenvalue weighted by Crippen LogP contribution is -3.00. The maximum Gasteiger partial charge on any atom is 0.300 e. The molecule has 4 nitrogen and oxygen atoms in total. The Morgan fingerprint density at radius 3 is 2.62 bits per heavy atom. The molecule has 0 spiro atoms. The highest BCUT2D eigenvalue weighted by atomic mass is 79.9. The topological polar surface area (TPSA) is 41.3 Å². The van der Waals surface area contributed by atoms with Crippen LogP contribution < -0.4 is 26.4 Å². The molecule has 1 amide bonds. The number of nitrogens with zero attached hydrogens (tertiary/aromatic N) is 2. The van der Waals surface area contributed by atoms with Crippen LogP contribution in [0.15, 0.2) is 48.8 Å². The van der Waals surface area contributed by atoms with Gasteiger partial charge in [-0.15, -0.1) is 0 Å². The van der Waals surface area contributed by atoms with Crippen LogP contribution in [-0.2, 0) is 4.79 Å². The molecule has 108 valence electrons. The summed E-state index contributed by atoms with van der Waals surface area (Å²) in [7, 11) is 1.77. The van der Waals surface area contributed by atoms with Crippen molar-refractivity contribution in [3.63, 3.8) is 0 Å². The highest BCUT2D eigenvalue weighted by Gasteiger charge is 2.41. The fourth-order valence-corrected chi connectivity index (χ4v) is 2.61. The molecule has 1 aliphatic heterocycles. The van der Waals surface area contributed by atoms with Gasteiger partial charge >= 0.3 is 5.91 Å². The van der Waals surface area contributed by atoms with Crippen molar-refractivity contribution in [1.29, 1.82) is 0 Å². The van der Waals surface area contributed by atoms with Crippen molar-refractivity contribution >= 4 is 17.4 Å². The van der Waals surface area contributed by atoms with Crippen molar-refractivity contribution in [2.45, 2.75) is 13.0 Å². The number of amides is 1. The number of pyridine rings is 1. The van der Waals surface area contributed by atoms with Crippen LogP contribution in [0.3, 0.4) is 0 Å². The number of likely N-dealkylation sites (N-methyl/N-ethyl adjacent to an activating group) is 1. The van der Waals surface area contributed by atoms with E-state index in [4.69, 9.17) is 0 Å². The Morgan fingerprint density at radius 1 is 1.19 bits per heavy atom. The average Bonchev–Trinajstić information content (AvgIpc) is 2.72. The highest BCUT2D eigenvalue weighted by molar-refractivity contribution is 6.03. The summed E-state index contributed by atoms with van der Waals surface area (Å²) in [6.45, 7) is 1.52. The van der Waals surface area contributed by atoms with Crippen molar-refractivity contribution in [3.05, 3.63) is 59.9 Å². The van der Waals surface area contributed by atoms with Gasteiger partial charge in [0.2, 0.25) is 0 Å². The minimum absolute atomic E-state index is 0. The molecule has 0 saturated heterocycles. The zero-order valence-electron chi connectivity index (χ0n) is 11.8. The number of hydrogen-bond donors (Lipinski definition) is 0. The molecular formula is C16H15BrN2O2. The van der Waals surface area contributed by atoms with Gasteiger partial charge < -0.3 is 21.9 Å². The lowest BCUT2D eigenvalue weighted by molar-refractivity contribution is -0.699. The predicted octanol–water partition coefficient (Wildman–Crippen LogP) is -1.25. The molecule has 1 aromatic heterocycles. The third-order valence-corrected chi connectivity index (χ3v) is 3.68. The maximum absolute atomic E-state index is 12.5. The molecule has 1 unspecified atom stereocenters. The van der Waals surface area contributed by atoms with Gasteiger partial charge in [-0.05, 0) is 25.1 Å². The molecule has 2 heterocycles. The van der Waals surface area contributed by atoms with Gasteiger partial charge in [0.1, 0.15) is 0 Å². The Kier molecular flexibility index (Phi) is 4.23. The zero-order valence-corrected chi connectivity index (χ0v) is 13.4. The zero-order chi connectivity index (χ0) is 14.3. The number of para-hydroxylation sites is 1. The lowest BCUT2D eigenvalue weighted by atomic mass is 10.1. The molecular weight excluding hydrogens is 332 g/mol. The minimum atomic E-state index is -0.393. The van der Waals surface area contributed by atoms with Gasteiger partial charge in [-0.2, -0.15) is 4.57 Å². The SMILES string of the molecule is CC(=O)c1ccc[n+](C2C(=O)N(C)c3ccccc32)c1.[Br-]. The van der Waals surface area contributed by atoms with E-state index in [-0.39, 0.29) is 28.7 Å². The van der Waals surface area contributed by atoms with Crippen molar-refractivity contribution in [2.24, 2.45) is 0 Å². The average molecular weight is 347 g/mol. The van der Waals surface area contributed by atoms with E-state index in [1.54, 1.807) is 34.8 Å². The van der Waals surface area contributed by atoms with Crippen LogP contribution in [0.25, 0.3) is 0 Å². The number of ketones is 1. The lowest BCUT2D eigenvalue weighted by Gasteiger charge is -2.08. The van der Waals surface area contributed by atoms with E-state index in [1.807, 2.05) is 30.5 Å². The number of carbonyl (C=O) groups excluding carboxylic acids is 2. The molecule has 1 aromatic carbocycles. The first-order chi connectivity index (χ1) is 9.59. The maximum atomic E-state index is 12.5. The van der Waals surface area contributed by atoms with Gasteiger partial charge in [0.15, 0.2) is 18.2 Å². The summed E-state index contributed by atoms with van der Waals surface area (Å²) in [5, 5.41) is 0. The van der Waals surface area contributed by atoms with Crippen LogP contribution in [0.1, 0.15) is 28.9 Å². The summed E-state index contributed by atoms with van der Waals surface area (Å²) in [5.41, 5.74) is 2.49. The van der Waals surface area contributed by atoms with Crippen molar-refractivity contribution < 1.29 is 31.1 Å². The van der Waals surface area contributed by atoms with Gasteiger partial charge in [-0.25, -0.2) is 0 Å². The number of fused-ring (bicyclic) bond motifs is 1. The monoisotopic (exact) mass is 346 g/mol. The summed E-state index contributed by atoms with van der Waals surface area (Å²) in [5.74, 6) is 0.00309. The molecule has 2 aromatic rings. The normalized spacial score (nSPS) is 16.4. The summed E-state index contributed by atoms with van der Waals surface area (Å²) in [4.78, 5) is 25.6. The number of carbonyl (C=O) groups is 2. The Morgan fingerprint density at radius 2 is 1.90 bits per heavy atom. The van der Waals surface area contributed by atoms with E-state index in [9.17, 15) is 9.59 Å². The number of hydrogen-bond acceptors (Lipinski definition) is 2. The van der Waals surface area contributed by atoms with E-state index in [2.05, 4.69) is 0 Å². The Balaban J connectivity index is 0.00000161. The number of anilines is 1. The van der Waals surface area contributed by atoms with E-state index >= 15 is 0 Å². The quantitative estimate of drug-likeness (QED) is 0.503. The van der Waals surface area contributed by atoms with Crippen molar-refractivity contribution in [3.8, 4) is 0 Å². The number of aromatic nitrogens is 1. The van der Waals surface area contributed by atoms with Gasteiger partial charge in [0, 0.05) is 13.1 Å². The van der Waals surface area contributed by atoms with E-state index < -0.39 is 6.04 Å². The Bertz CT molecular complexity index is 715. The van der Waals surface area contributed by atoms with E-state index in [1.165, 1.54) is 6.92 Å². The Hall–Kier alpha value is -2.01. The molecule has 1 aliphatic rings. The number of Topliss-reactive ketones (excluding diaryl/α,β-unsaturated/α-hetero) is 1. The van der Waals surface area contributed by atoms with E-state index in [0.717, 1.165) is 11.3 Å². The van der Waals surface area contributed by atoms with Crippen LogP contribution in [0, 0.1) is 0 Å². The summed E-state index contributed by atoms with van der Waals surface area (Å²) in [6, 6.07) is 10.9. The summed E-state index contributed by atoms with van der Waals surface area (Å²) >= 11 is 0. The molecule has 0 bridgehead atoms. The number of rotatable bonds is 2. The number of benzene rings is 1. The molecule has 0 radical (unpaired) electrons. The second-order valence-electron chi connectivity index (χ2n) is 4.95. The first kappa shape index (κ1) is 15.4. The van der Waals surface area contributed by atoms with Crippen LogP contribution in [0.4, 0.5) is 5.69 Å². The van der Waals surface area contributed by atoms with E-state index in [0.29, 0.717) is 5.56 Å². The van der Waals surface area contributed by atoms with Crippen LogP contribution in [-0.4, -0.2) is 18.7 Å². The van der Waals surface area contributed by atoms with Crippen LogP contribution in [0.2, 0.25) is 0 Å². The Labute approximate surface area is 133 Å². The molecule has 0 aliphatic carbocycles. The van der Waals surface area contributed by atoms with Crippen molar-refractivity contribution in [1.82, 2.24) is 0 Å². The molecule has 3 rings (SSSR count). The van der Waals surface area contributed by atoms with Gasteiger partial charge in [-0.1, -0.05) is 12.1 Å². The fourth-order valence-electron chi connectivity index (χ4n) is 2.61. The molecule has 1 atom stereocenters. The number of halogens is 1. The van der Waals surface area contributed by atoms with Gasteiger partial charge in [0.05, 0.1) is 16.8 Å². The third kappa shape index (κ3) is 2.49. The first-order valence-electron chi connectivity index (χ1n) is 6.48. The minimum Gasteiger partial charge on any atom is -1.00 e. The van der Waals surface area contributed by atoms with Gasteiger partial charge in [-0.3, -0.25) is 9.59 Å². The molecule has 0 fully saturated rings. The largest absolute Gasteiger partial charge is 1.00 e. The first-order valence-corrected chi connectivity index (χ1v) is 6.48. The molecule has 0 N–H and O–H groups in total. The second-order valence-corrected chi connectivity index (χ2v) is 4.95. The highest BCUT2D eigenvalue weighted by Crippen LogP contribution is 2.33. The fraction of sp³-hybridized carbons (Fsp3) is 0.188. The van der Waals surface area contributed by atoms with Crippen LogP contribution in [0.5, 0.6) is 0 Å². The summed E-state index contributed by atoms with van der Waals surface area (Å²) < 4.78 is 1.81. The van der Waals surface area contributed by atoms with Crippen LogP contribution >= 0.6 is 0 Å². The molecule has 5 heteroatoms. The predicted molar refractivity (Wildman–Crippen MR) is 74.6 cm³/mol. The smallest absolute Gasteiger partial charge is 0.300 e.